The van der Waals surface area contributed by atoms with Crippen molar-refractivity contribution in [2.24, 2.45) is 11.8 Å². The van der Waals surface area contributed by atoms with E-state index in [1.165, 1.54) is 0 Å². The van der Waals surface area contributed by atoms with Crippen LogP contribution in [0.5, 0.6) is 6.01 Å². The van der Waals surface area contributed by atoms with E-state index >= 15 is 4.39 Å². The van der Waals surface area contributed by atoms with Gasteiger partial charge >= 0.3 is 11.9 Å². The number of allylic oxidation sites excluding steroid dienone is 3. The van der Waals surface area contributed by atoms with Crippen molar-refractivity contribution in [3.05, 3.63) is 95.0 Å². The van der Waals surface area contributed by atoms with Gasteiger partial charge in [0, 0.05) is 12.1 Å². The van der Waals surface area contributed by atoms with E-state index < -0.39 is 24.0 Å². The van der Waals surface area contributed by atoms with Crippen molar-refractivity contribution in [3.8, 4) is 17.1 Å². The maximum atomic E-state index is 15.1. The molecule has 182 valence electrons. The number of nitrogens with one attached hydrogen (secondary N) is 1. The maximum Gasteiger partial charge on any atom is 0.335 e. The molecule has 2 aliphatic carbocycles. The molecule has 5 rings (SSSR count). The lowest BCUT2D eigenvalue weighted by Gasteiger charge is -2.18. The summed E-state index contributed by atoms with van der Waals surface area (Å²) >= 11 is 0. The quantitative estimate of drug-likeness (QED) is 0.431. The Hall–Kier alpha value is -4.46. The monoisotopic (exact) mass is 486 g/mol. The fourth-order valence-electron chi connectivity index (χ4n) is 4.40. The number of hydrogen-bond acceptors (Lipinski definition) is 4. The van der Waals surface area contributed by atoms with Gasteiger partial charge in [-0.1, -0.05) is 49.4 Å². The van der Waals surface area contributed by atoms with Crippen LogP contribution in [0.15, 0.2) is 72.5 Å². The van der Waals surface area contributed by atoms with Gasteiger partial charge in [-0.25, -0.2) is 9.18 Å². The van der Waals surface area contributed by atoms with E-state index in [0.29, 0.717) is 22.7 Å². The summed E-state index contributed by atoms with van der Waals surface area (Å²) in [6.07, 6.45) is 5.59. The van der Waals surface area contributed by atoms with Gasteiger partial charge in [0.2, 0.25) is 0 Å². The smallest absolute Gasteiger partial charge is 0.335 e. The first-order valence-corrected chi connectivity index (χ1v) is 11.5. The highest BCUT2D eigenvalue weighted by Crippen LogP contribution is 2.34. The molecule has 1 heterocycles. The molecule has 7 nitrogen and oxygen atoms in total. The molecule has 1 aromatic heterocycles. The zero-order valence-corrected chi connectivity index (χ0v) is 19.3. The molecule has 3 atom stereocenters. The van der Waals surface area contributed by atoms with Crippen LogP contribution in [0.4, 0.5) is 4.39 Å². The number of rotatable bonds is 6. The number of halogens is 1. The minimum absolute atomic E-state index is 0.111. The number of fused-ring (bicyclic) bond motifs is 1. The number of carboxylic acid groups (broad SMARTS) is 2. The first-order valence-electron chi connectivity index (χ1n) is 11.5. The molecule has 3 aromatic rings. The number of carboxylic acids is 2. The van der Waals surface area contributed by atoms with Gasteiger partial charge in [0.05, 0.1) is 17.2 Å². The van der Waals surface area contributed by atoms with Gasteiger partial charge in [-0.3, -0.25) is 4.79 Å². The van der Waals surface area contributed by atoms with Crippen LogP contribution < -0.4 is 4.74 Å². The number of hydrogen-bond donors (Lipinski definition) is 3. The number of benzene rings is 2. The largest absolute Gasteiger partial charge is 0.481 e. The number of aromatic amines is 1. The van der Waals surface area contributed by atoms with E-state index in [1.54, 1.807) is 48.6 Å². The van der Waals surface area contributed by atoms with Crippen LogP contribution in [0.25, 0.3) is 22.8 Å². The Morgan fingerprint density at radius 1 is 1.03 bits per heavy atom. The standard InChI is InChI=1S/C28H23FN2O5/c1-15-2-11-20(12-21(15)27(34)35)36-28-30-24-13-22(23(29)14-25(24)31-28)18-7-3-16(4-8-18)17-5-9-19(10-6-17)26(32)33/h2-13,15,21,23H,14H2,1H3,(H,30,31)(H,32,33)(H,34,35). The van der Waals surface area contributed by atoms with Crippen molar-refractivity contribution in [1.82, 2.24) is 9.97 Å². The Balaban J connectivity index is 1.35. The maximum absolute atomic E-state index is 15.1. The number of aliphatic carboxylic acids is 1. The fourth-order valence-corrected chi connectivity index (χ4v) is 4.40. The number of ether oxygens (including phenoxy) is 1. The summed E-state index contributed by atoms with van der Waals surface area (Å²) in [6, 6.07) is 14.2. The number of nitrogens with zero attached hydrogens (tertiary/aromatic N) is 1. The van der Waals surface area contributed by atoms with Crippen molar-refractivity contribution in [3.63, 3.8) is 0 Å². The molecule has 0 bridgehead atoms. The molecule has 2 aliphatic rings. The van der Waals surface area contributed by atoms with Crippen LogP contribution in [0, 0.1) is 11.8 Å². The summed E-state index contributed by atoms with van der Waals surface area (Å²) in [5.41, 5.74) is 4.38. The lowest BCUT2D eigenvalue weighted by atomic mass is 9.89. The molecule has 0 radical (unpaired) electrons. The zero-order valence-electron chi connectivity index (χ0n) is 19.3. The van der Waals surface area contributed by atoms with Gasteiger partial charge in [-0.05, 0) is 58.5 Å². The SMILES string of the molecule is CC1C=CC(Oc2nc3c([nH]2)CC(F)C(c2ccc(-c4ccc(C(=O)O)cc4)cc2)=C3)=CC1C(=O)O. The van der Waals surface area contributed by atoms with Gasteiger partial charge in [0.1, 0.15) is 11.9 Å². The third-order valence-corrected chi connectivity index (χ3v) is 6.46. The van der Waals surface area contributed by atoms with Crippen LogP contribution in [-0.2, 0) is 11.2 Å². The highest BCUT2D eigenvalue weighted by molar-refractivity contribution is 5.89. The molecule has 3 N–H and O–H groups in total. The Bertz CT molecular complexity index is 1420. The van der Waals surface area contributed by atoms with E-state index in [4.69, 9.17) is 9.84 Å². The molecule has 8 heteroatoms. The molecule has 0 aliphatic heterocycles. The number of H-pyrrole nitrogens is 1. The second-order valence-corrected chi connectivity index (χ2v) is 8.89. The van der Waals surface area contributed by atoms with Crippen molar-refractivity contribution in [2.75, 3.05) is 0 Å². The summed E-state index contributed by atoms with van der Waals surface area (Å²) in [5, 5.41) is 18.4. The van der Waals surface area contributed by atoms with Crippen LogP contribution in [0.1, 0.15) is 34.2 Å². The summed E-state index contributed by atoms with van der Waals surface area (Å²) in [6.45, 7) is 1.82. The minimum atomic E-state index is -1.24. The topological polar surface area (TPSA) is 113 Å². The lowest BCUT2D eigenvalue weighted by molar-refractivity contribution is -0.141. The van der Waals surface area contributed by atoms with Crippen LogP contribution >= 0.6 is 0 Å². The predicted octanol–water partition coefficient (Wildman–Crippen LogP) is 5.38. The van der Waals surface area contributed by atoms with Gasteiger partial charge in [0.25, 0.3) is 6.01 Å². The Kier molecular flexibility index (Phi) is 6.01. The number of aromatic nitrogens is 2. The normalized spacial score (nSPS) is 20.8. The molecule has 0 spiro atoms. The van der Waals surface area contributed by atoms with E-state index in [0.717, 1.165) is 16.7 Å². The van der Waals surface area contributed by atoms with E-state index in [-0.39, 0.29) is 23.9 Å². The van der Waals surface area contributed by atoms with Crippen molar-refractivity contribution < 1.29 is 28.9 Å². The fraction of sp³-hybridized carbons (Fsp3) is 0.179. The predicted molar refractivity (Wildman–Crippen MR) is 132 cm³/mol. The highest BCUT2D eigenvalue weighted by atomic mass is 19.1. The number of aromatic carboxylic acids is 1. The van der Waals surface area contributed by atoms with Crippen LogP contribution in [-0.4, -0.2) is 38.3 Å². The summed E-state index contributed by atoms with van der Waals surface area (Å²) in [5.74, 6) is -2.36. The van der Waals surface area contributed by atoms with E-state index in [2.05, 4.69) is 9.97 Å². The van der Waals surface area contributed by atoms with Crippen LogP contribution in [0.3, 0.4) is 0 Å². The van der Waals surface area contributed by atoms with Gasteiger partial charge in [0.15, 0.2) is 0 Å². The number of imidazole rings is 1. The molecule has 0 saturated heterocycles. The number of carbonyl (C=O) groups is 2. The first-order chi connectivity index (χ1) is 17.3. The summed E-state index contributed by atoms with van der Waals surface area (Å²) < 4.78 is 20.9. The second-order valence-electron chi connectivity index (χ2n) is 8.89. The van der Waals surface area contributed by atoms with Gasteiger partial charge in [-0.2, -0.15) is 4.98 Å². The van der Waals surface area contributed by atoms with E-state index in [9.17, 15) is 14.7 Å². The average Bonchev–Trinajstić information content (AvgIpc) is 3.25. The summed E-state index contributed by atoms with van der Waals surface area (Å²) in [7, 11) is 0. The Morgan fingerprint density at radius 2 is 1.67 bits per heavy atom. The lowest BCUT2D eigenvalue weighted by Crippen LogP contribution is -2.21. The van der Waals surface area contributed by atoms with Crippen molar-refractivity contribution in [1.29, 1.82) is 0 Å². The van der Waals surface area contributed by atoms with Crippen molar-refractivity contribution >= 4 is 23.6 Å². The van der Waals surface area contributed by atoms with E-state index in [1.807, 2.05) is 31.2 Å². The molecule has 0 fully saturated rings. The molecular formula is C28H23FN2O5. The highest BCUT2D eigenvalue weighted by Gasteiger charge is 2.27. The average molecular weight is 486 g/mol. The zero-order chi connectivity index (χ0) is 25.4. The van der Waals surface area contributed by atoms with Gasteiger partial charge < -0.3 is 19.9 Å². The molecule has 36 heavy (non-hydrogen) atoms. The number of alkyl halides is 1. The van der Waals surface area contributed by atoms with Crippen LogP contribution in [0.2, 0.25) is 0 Å². The third-order valence-electron chi connectivity index (χ3n) is 6.46. The summed E-state index contributed by atoms with van der Waals surface area (Å²) in [4.78, 5) is 29.9. The first kappa shape index (κ1) is 23.3. The molecular weight excluding hydrogens is 463 g/mol. The minimum Gasteiger partial charge on any atom is -0.481 e. The molecule has 0 amide bonds. The Morgan fingerprint density at radius 3 is 2.31 bits per heavy atom. The Labute approximate surface area is 206 Å². The molecule has 3 unspecified atom stereocenters. The molecule has 2 aromatic carbocycles. The third kappa shape index (κ3) is 4.57. The van der Waals surface area contributed by atoms with Gasteiger partial charge in [-0.15, -0.1) is 0 Å². The molecule has 0 saturated carbocycles. The second kappa shape index (κ2) is 9.30. The van der Waals surface area contributed by atoms with Crippen molar-refractivity contribution in [2.45, 2.75) is 19.5 Å².